The van der Waals surface area contributed by atoms with Crippen molar-refractivity contribution >= 4 is 12.0 Å². The van der Waals surface area contributed by atoms with Crippen LogP contribution in [-0.4, -0.2) is 65.0 Å². The van der Waals surface area contributed by atoms with Gasteiger partial charge in [0, 0.05) is 25.6 Å². The van der Waals surface area contributed by atoms with Gasteiger partial charge in [0.15, 0.2) is 0 Å². The van der Waals surface area contributed by atoms with Gasteiger partial charge >= 0.3 is 6.09 Å². The summed E-state index contributed by atoms with van der Waals surface area (Å²) >= 11 is 0. The third-order valence-electron chi connectivity index (χ3n) is 7.44. The molecule has 1 N–H and O–H groups in total. The van der Waals surface area contributed by atoms with Crippen LogP contribution in [0.3, 0.4) is 0 Å². The van der Waals surface area contributed by atoms with E-state index in [1.165, 1.54) is 0 Å². The van der Waals surface area contributed by atoms with E-state index in [-0.39, 0.29) is 23.2 Å². The van der Waals surface area contributed by atoms with E-state index in [1.54, 1.807) is 12.0 Å². The molecule has 7 heteroatoms. The van der Waals surface area contributed by atoms with Crippen LogP contribution in [0.15, 0.2) is 0 Å². The molecule has 0 aromatic rings. The van der Waals surface area contributed by atoms with E-state index in [0.29, 0.717) is 32.2 Å². The molecule has 0 aliphatic carbocycles. The number of nitrogens with one attached hydrogen (secondary N) is 1. The molecule has 0 bridgehead atoms. The van der Waals surface area contributed by atoms with Crippen molar-refractivity contribution < 1.29 is 23.8 Å². The molecule has 1 aliphatic heterocycles. The van der Waals surface area contributed by atoms with Crippen LogP contribution < -0.4 is 5.32 Å². The first-order valence-corrected chi connectivity index (χ1v) is 13.1. The Morgan fingerprint density at radius 1 is 0.971 bits per heavy atom. The number of hydrogen-bond acceptors (Lipinski definition) is 5. The zero-order chi connectivity index (χ0) is 26.4. The van der Waals surface area contributed by atoms with Crippen molar-refractivity contribution in [3.05, 3.63) is 0 Å². The lowest BCUT2D eigenvalue weighted by Crippen LogP contribution is -2.56. The van der Waals surface area contributed by atoms with Gasteiger partial charge in [-0.15, -0.1) is 0 Å². The van der Waals surface area contributed by atoms with E-state index in [9.17, 15) is 9.59 Å². The first kappa shape index (κ1) is 30.7. The normalized spacial score (nSPS) is 22.1. The molecular formula is C27H52N2O5. The van der Waals surface area contributed by atoms with E-state index in [2.05, 4.69) is 39.9 Å². The first-order chi connectivity index (χ1) is 15.6. The molecule has 7 nitrogen and oxygen atoms in total. The van der Waals surface area contributed by atoms with E-state index >= 15 is 0 Å². The SMILES string of the molecule is CCC(C)(CC(C)(C)OC(C)C)NC(=O)C1CCCN1C(=O)OC(C)(CC)CC(C)(CC)OC. The zero-order valence-corrected chi connectivity index (χ0v) is 23.8. The predicted octanol–water partition coefficient (Wildman–Crippen LogP) is 5.84. The number of methoxy groups -OCH3 is 1. The van der Waals surface area contributed by atoms with Crippen LogP contribution in [0.2, 0.25) is 0 Å². The molecule has 0 spiro atoms. The van der Waals surface area contributed by atoms with Gasteiger partial charge in [-0.2, -0.15) is 0 Å². The molecular weight excluding hydrogens is 432 g/mol. The zero-order valence-electron chi connectivity index (χ0n) is 23.8. The highest BCUT2D eigenvalue weighted by Crippen LogP contribution is 2.33. The van der Waals surface area contributed by atoms with E-state index in [0.717, 1.165) is 19.3 Å². The highest BCUT2D eigenvalue weighted by atomic mass is 16.6. The second-order valence-electron chi connectivity index (χ2n) is 11.7. The Hall–Kier alpha value is -1.34. The molecule has 0 aromatic heterocycles. The summed E-state index contributed by atoms with van der Waals surface area (Å²) in [5.74, 6) is -0.118. The molecule has 0 saturated carbocycles. The molecule has 0 aromatic carbocycles. The van der Waals surface area contributed by atoms with E-state index in [4.69, 9.17) is 14.2 Å². The van der Waals surface area contributed by atoms with Crippen LogP contribution in [0, 0.1) is 0 Å². The van der Waals surface area contributed by atoms with Gasteiger partial charge in [0.1, 0.15) is 11.6 Å². The van der Waals surface area contributed by atoms with Gasteiger partial charge in [0.05, 0.1) is 17.3 Å². The van der Waals surface area contributed by atoms with E-state index in [1.807, 2.05) is 34.6 Å². The molecule has 0 radical (unpaired) electrons. The van der Waals surface area contributed by atoms with Crippen molar-refractivity contribution in [2.24, 2.45) is 0 Å². The first-order valence-electron chi connectivity index (χ1n) is 13.1. The minimum Gasteiger partial charge on any atom is -0.443 e. The Labute approximate surface area is 208 Å². The van der Waals surface area contributed by atoms with Crippen molar-refractivity contribution in [3.8, 4) is 0 Å². The maximum atomic E-state index is 13.4. The lowest BCUT2D eigenvalue weighted by Gasteiger charge is -2.40. The number of nitrogens with zero attached hydrogens (tertiary/aromatic N) is 1. The lowest BCUT2D eigenvalue weighted by molar-refractivity contribution is -0.129. The number of carbonyl (C=O) groups is 2. The largest absolute Gasteiger partial charge is 0.443 e. The van der Waals surface area contributed by atoms with Crippen LogP contribution >= 0.6 is 0 Å². The maximum absolute atomic E-state index is 13.4. The van der Waals surface area contributed by atoms with Crippen molar-refractivity contribution in [3.63, 3.8) is 0 Å². The average Bonchev–Trinajstić information content (AvgIpc) is 3.22. The number of hydrogen-bond donors (Lipinski definition) is 1. The summed E-state index contributed by atoms with van der Waals surface area (Å²) in [6.45, 7) is 20.9. The van der Waals surface area contributed by atoms with Gasteiger partial charge in [0.25, 0.3) is 0 Å². The monoisotopic (exact) mass is 484 g/mol. The van der Waals surface area contributed by atoms with E-state index < -0.39 is 23.3 Å². The Morgan fingerprint density at radius 2 is 1.56 bits per heavy atom. The highest BCUT2D eigenvalue weighted by Gasteiger charge is 2.43. The molecule has 4 atom stereocenters. The summed E-state index contributed by atoms with van der Waals surface area (Å²) in [6, 6.07) is -0.520. The summed E-state index contributed by atoms with van der Waals surface area (Å²) in [7, 11) is 1.69. The lowest BCUT2D eigenvalue weighted by atomic mass is 9.85. The number of carbonyl (C=O) groups excluding carboxylic acids is 2. The minimum atomic E-state index is -0.669. The maximum Gasteiger partial charge on any atom is 0.410 e. The smallest absolute Gasteiger partial charge is 0.410 e. The fourth-order valence-electron chi connectivity index (χ4n) is 5.15. The number of ether oxygens (including phenoxy) is 3. The molecule has 200 valence electrons. The summed E-state index contributed by atoms with van der Waals surface area (Å²) in [6.07, 6.45) is 4.63. The van der Waals surface area contributed by atoms with Crippen LogP contribution in [0.5, 0.6) is 0 Å². The Kier molecular flexibility index (Phi) is 10.9. The average molecular weight is 485 g/mol. The van der Waals surface area contributed by atoms with Gasteiger partial charge in [-0.05, 0) is 87.0 Å². The van der Waals surface area contributed by atoms with Crippen LogP contribution in [0.25, 0.3) is 0 Å². The molecule has 1 aliphatic rings. The fourth-order valence-corrected chi connectivity index (χ4v) is 5.15. The van der Waals surface area contributed by atoms with Gasteiger partial charge < -0.3 is 19.5 Å². The number of amides is 2. The molecule has 4 unspecified atom stereocenters. The summed E-state index contributed by atoms with van der Waals surface area (Å²) in [4.78, 5) is 28.2. The number of rotatable bonds is 13. The van der Waals surface area contributed by atoms with Crippen molar-refractivity contribution in [1.29, 1.82) is 0 Å². The van der Waals surface area contributed by atoms with Crippen LogP contribution in [0.4, 0.5) is 4.79 Å². The minimum absolute atomic E-state index is 0.104. The third kappa shape index (κ3) is 8.71. The number of likely N-dealkylation sites (tertiary alicyclic amines) is 1. The Bertz CT molecular complexity index is 676. The summed E-state index contributed by atoms with van der Waals surface area (Å²) in [5, 5.41) is 3.24. The predicted molar refractivity (Wildman–Crippen MR) is 137 cm³/mol. The van der Waals surface area contributed by atoms with Crippen LogP contribution in [0.1, 0.15) is 114 Å². The quantitative estimate of drug-likeness (QED) is 0.355. The van der Waals surface area contributed by atoms with Gasteiger partial charge in [-0.3, -0.25) is 9.69 Å². The second-order valence-corrected chi connectivity index (χ2v) is 11.7. The molecule has 1 rings (SSSR count). The third-order valence-corrected chi connectivity index (χ3v) is 7.44. The molecule has 1 heterocycles. The van der Waals surface area contributed by atoms with Gasteiger partial charge in [0.2, 0.25) is 5.91 Å². The second kappa shape index (κ2) is 12.1. The molecule has 34 heavy (non-hydrogen) atoms. The molecule has 2 amide bonds. The van der Waals surface area contributed by atoms with Gasteiger partial charge in [-0.25, -0.2) is 4.79 Å². The topological polar surface area (TPSA) is 77.1 Å². The Balaban J connectivity index is 2.94. The molecule has 1 saturated heterocycles. The standard InChI is InChI=1S/C27H52N2O5/c1-12-25(8,18-24(6,7)33-20(4)5)28-22(30)21-16-15-17-29(21)23(31)34-27(10,14-3)19-26(9,13-2)32-11/h20-21H,12-19H2,1-11H3,(H,28,30). The Morgan fingerprint density at radius 3 is 2.03 bits per heavy atom. The molecule has 1 fully saturated rings. The summed E-state index contributed by atoms with van der Waals surface area (Å²) in [5.41, 5.74) is -1.86. The van der Waals surface area contributed by atoms with Gasteiger partial charge in [-0.1, -0.05) is 20.8 Å². The van der Waals surface area contributed by atoms with Crippen molar-refractivity contribution in [2.45, 2.75) is 149 Å². The summed E-state index contributed by atoms with van der Waals surface area (Å²) < 4.78 is 17.8. The highest BCUT2D eigenvalue weighted by molar-refractivity contribution is 5.86. The van der Waals surface area contributed by atoms with Crippen molar-refractivity contribution in [1.82, 2.24) is 10.2 Å². The van der Waals surface area contributed by atoms with Crippen molar-refractivity contribution in [2.75, 3.05) is 13.7 Å². The van der Waals surface area contributed by atoms with Crippen LogP contribution in [-0.2, 0) is 19.0 Å². The fraction of sp³-hybridized carbons (Fsp3) is 0.926.